The molecule has 0 amide bonds. The van der Waals surface area contributed by atoms with E-state index in [0.29, 0.717) is 29.2 Å². The summed E-state index contributed by atoms with van der Waals surface area (Å²) in [6.45, 7) is 13.3. The maximum atomic E-state index is 12.1. The topological polar surface area (TPSA) is 119 Å². The van der Waals surface area contributed by atoms with Gasteiger partial charge in [-0.05, 0) is 128 Å². The lowest BCUT2D eigenvalue weighted by Crippen LogP contribution is -2.50. The van der Waals surface area contributed by atoms with Gasteiger partial charge in [0.15, 0.2) is 8.32 Å². The molecular formula is C37H53ClN2O6SSi. The first kappa shape index (κ1) is 36.9. The zero-order chi connectivity index (χ0) is 34.9. The number of anilines is 1. The van der Waals surface area contributed by atoms with Crippen molar-refractivity contribution in [3.8, 4) is 5.75 Å². The summed E-state index contributed by atoms with van der Waals surface area (Å²) in [6, 6.07) is 11.1. The summed E-state index contributed by atoms with van der Waals surface area (Å²) in [5, 5.41) is 16.1. The summed E-state index contributed by atoms with van der Waals surface area (Å²) >= 11 is 6.35. The number of carbonyl (C=O) groups is 1. The molecule has 2 fully saturated rings. The largest absolute Gasteiger partial charge is 0.487 e. The Balaban J connectivity index is 1.41. The van der Waals surface area contributed by atoms with Crippen LogP contribution in [0.15, 0.2) is 48.6 Å². The van der Waals surface area contributed by atoms with E-state index in [9.17, 15) is 18.3 Å². The van der Waals surface area contributed by atoms with Crippen molar-refractivity contribution < 1.29 is 27.5 Å². The van der Waals surface area contributed by atoms with Crippen LogP contribution in [0.2, 0.25) is 23.2 Å². The number of halogens is 1. The summed E-state index contributed by atoms with van der Waals surface area (Å²) in [6.07, 6.45) is 11.1. The van der Waals surface area contributed by atoms with Gasteiger partial charge in [-0.3, -0.25) is 0 Å². The number of nitrogens with two attached hydrogens (primary N) is 1. The summed E-state index contributed by atoms with van der Waals surface area (Å²) < 4.78 is 37.2. The highest BCUT2D eigenvalue weighted by atomic mass is 35.5. The van der Waals surface area contributed by atoms with E-state index < -0.39 is 24.3 Å². The van der Waals surface area contributed by atoms with Gasteiger partial charge in [-0.2, -0.15) is 0 Å². The van der Waals surface area contributed by atoms with Crippen molar-refractivity contribution in [3.63, 3.8) is 0 Å². The molecular weight excluding hydrogens is 664 g/mol. The number of primary sulfonamides is 1. The number of hydrogen-bond acceptors (Lipinski definition) is 6. The van der Waals surface area contributed by atoms with Crippen LogP contribution in [0, 0.1) is 23.7 Å². The quantitative estimate of drug-likeness (QED) is 0.189. The molecule has 0 spiro atoms. The first-order valence-corrected chi connectivity index (χ1v) is 22.4. The van der Waals surface area contributed by atoms with Crippen LogP contribution in [0.3, 0.4) is 0 Å². The van der Waals surface area contributed by atoms with Gasteiger partial charge >= 0.3 is 5.97 Å². The van der Waals surface area contributed by atoms with Crippen LogP contribution < -0.4 is 14.8 Å². The summed E-state index contributed by atoms with van der Waals surface area (Å²) in [4.78, 5) is 14.4. The number of carboxylic acid groups (broad SMARTS) is 1. The normalized spacial score (nSPS) is 24.4. The van der Waals surface area contributed by atoms with Crippen LogP contribution in [0.25, 0.3) is 0 Å². The van der Waals surface area contributed by atoms with E-state index in [-0.39, 0.29) is 34.3 Å². The number of fused-ring (bicyclic) bond motifs is 2. The van der Waals surface area contributed by atoms with E-state index in [1.807, 2.05) is 18.2 Å². The molecule has 264 valence electrons. The van der Waals surface area contributed by atoms with Gasteiger partial charge in [-0.25, -0.2) is 18.4 Å². The van der Waals surface area contributed by atoms with Crippen LogP contribution in [0.1, 0.15) is 80.8 Å². The zero-order valence-electron chi connectivity index (χ0n) is 29.1. The molecule has 2 aliphatic carbocycles. The highest BCUT2D eigenvalue weighted by molar-refractivity contribution is 7.89. The first-order valence-electron chi connectivity index (χ1n) is 17.4. The number of ether oxygens (including phenoxy) is 1. The molecule has 11 heteroatoms. The average Bonchev–Trinajstić information content (AvgIpc) is 2.99. The number of nitrogens with zero attached hydrogens (tertiary/aromatic N) is 1. The summed E-state index contributed by atoms with van der Waals surface area (Å²) in [7, 11) is -5.65. The molecule has 2 aromatic carbocycles. The summed E-state index contributed by atoms with van der Waals surface area (Å²) in [5.74, 6) is 0.626. The Labute approximate surface area is 293 Å². The maximum Gasteiger partial charge on any atom is 0.335 e. The molecule has 1 aliphatic heterocycles. The smallest absolute Gasteiger partial charge is 0.335 e. The Bertz CT molecular complexity index is 1610. The fraction of sp³-hybridized carbons (Fsp3) is 0.595. The van der Waals surface area contributed by atoms with E-state index in [2.05, 4.69) is 50.9 Å². The Hall–Kier alpha value is -2.37. The molecule has 2 aromatic rings. The Morgan fingerprint density at radius 2 is 1.85 bits per heavy atom. The van der Waals surface area contributed by atoms with Gasteiger partial charge < -0.3 is 19.2 Å². The lowest BCUT2D eigenvalue weighted by atomic mass is 9.69. The zero-order valence-corrected chi connectivity index (χ0v) is 31.7. The highest BCUT2D eigenvalue weighted by Gasteiger charge is 2.44. The number of hydrogen-bond donors (Lipinski definition) is 2. The number of rotatable bonds is 10. The van der Waals surface area contributed by atoms with E-state index in [1.54, 1.807) is 18.2 Å². The number of sulfonamides is 1. The molecule has 48 heavy (non-hydrogen) atoms. The van der Waals surface area contributed by atoms with Crippen molar-refractivity contribution in [3.05, 3.63) is 70.3 Å². The fourth-order valence-electron chi connectivity index (χ4n) is 7.00. The van der Waals surface area contributed by atoms with Gasteiger partial charge in [0.1, 0.15) is 12.4 Å². The van der Waals surface area contributed by atoms with Crippen LogP contribution in [0.5, 0.6) is 5.75 Å². The third-order valence-corrected chi connectivity index (χ3v) is 16.9. The molecule has 8 nitrogen and oxygen atoms in total. The van der Waals surface area contributed by atoms with Crippen LogP contribution in [-0.4, -0.2) is 52.8 Å². The number of benzene rings is 2. The molecule has 0 saturated heterocycles. The van der Waals surface area contributed by atoms with Gasteiger partial charge in [0.25, 0.3) is 0 Å². The molecule has 1 heterocycles. The second kappa shape index (κ2) is 14.9. The molecule has 0 bridgehead atoms. The molecule has 0 radical (unpaired) electrons. The fourth-order valence-corrected chi connectivity index (χ4v) is 9.49. The van der Waals surface area contributed by atoms with Crippen LogP contribution >= 0.6 is 11.6 Å². The van der Waals surface area contributed by atoms with Crippen LogP contribution in [0.4, 0.5) is 5.69 Å². The van der Waals surface area contributed by atoms with Crippen molar-refractivity contribution in [2.45, 2.75) is 96.6 Å². The van der Waals surface area contributed by atoms with Crippen molar-refractivity contribution in [1.82, 2.24) is 0 Å². The molecule has 0 aromatic heterocycles. The van der Waals surface area contributed by atoms with Crippen molar-refractivity contribution in [2.75, 3.05) is 23.7 Å². The molecule has 1 unspecified atom stereocenters. The monoisotopic (exact) mass is 716 g/mol. The number of carboxylic acids is 1. The van der Waals surface area contributed by atoms with E-state index in [0.717, 1.165) is 69.3 Å². The molecule has 5 rings (SSSR count). The molecule has 2 saturated carbocycles. The lowest BCUT2D eigenvalue weighted by Gasteiger charge is -2.48. The van der Waals surface area contributed by atoms with Gasteiger partial charge in [0.05, 0.1) is 23.1 Å². The third-order valence-electron chi connectivity index (χ3n) is 11.3. The minimum Gasteiger partial charge on any atom is -0.487 e. The average molecular weight is 717 g/mol. The predicted octanol–water partition coefficient (Wildman–Crippen LogP) is 8.05. The van der Waals surface area contributed by atoms with Crippen molar-refractivity contribution >= 4 is 41.6 Å². The van der Waals surface area contributed by atoms with Crippen LogP contribution in [-0.2, 0) is 27.5 Å². The lowest BCUT2D eigenvalue weighted by molar-refractivity contribution is 0.0524. The minimum atomic E-state index is -3.52. The Morgan fingerprint density at radius 1 is 1.10 bits per heavy atom. The Morgan fingerprint density at radius 3 is 2.48 bits per heavy atom. The van der Waals surface area contributed by atoms with Crippen molar-refractivity contribution in [2.24, 2.45) is 28.8 Å². The molecule has 5 atom stereocenters. The first-order chi connectivity index (χ1) is 22.5. The SMILES string of the molecule is CC(C)(C)[Si](C)(C)OC(/C=C\[C@@H]1CC[C@H]1CS(N)(=O)=O)[C@@H]1CC[C@H]1CN1CCCCc2cc(Cl)ccc2COc2ccc(C(=O)O)cc21. The van der Waals surface area contributed by atoms with Gasteiger partial charge in [-0.15, -0.1) is 0 Å². The van der Waals surface area contributed by atoms with E-state index >= 15 is 0 Å². The number of allylic oxidation sites excluding steroid dienone is 1. The third kappa shape index (κ3) is 9.04. The van der Waals surface area contributed by atoms with E-state index in [4.69, 9.17) is 25.9 Å². The van der Waals surface area contributed by atoms with Gasteiger partial charge in [-0.1, -0.05) is 50.6 Å². The minimum absolute atomic E-state index is 0.0225. The predicted molar refractivity (Wildman–Crippen MR) is 196 cm³/mol. The molecule has 3 N–H and O–H groups in total. The highest BCUT2D eigenvalue weighted by Crippen LogP contribution is 2.46. The second-order valence-electron chi connectivity index (χ2n) is 15.7. The second-order valence-corrected chi connectivity index (χ2v) is 22.5. The number of aromatic carboxylic acids is 1. The standard InChI is InChI=1S/C37H53ClN2O6SSi/c1-37(2,3)48(4,5)46-34(17-13-25-9-10-30(25)24-47(39,43)44)32-16-12-28(32)22-40-19-7-6-8-26-20-31(38)15-11-29(26)23-45-35-18-14-27(36(41)42)21-33(35)40/h11,13-15,17-18,20-21,25,28,30,32,34H,6-10,12,16,19,22-24H2,1-5H3,(H,41,42)(H2,39,43,44)/b17-13-/t25-,28-,30-,32+,34?/m0/s1. The van der Waals surface area contributed by atoms with Gasteiger partial charge in [0, 0.05) is 18.1 Å². The van der Waals surface area contributed by atoms with Crippen molar-refractivity contribution in [1.29, 1.82) is 0 Å². The maximum absolute atomic E-state index is 12.1. The number of aryl methyl sites for hydroxylation is 1. The van der Waals surface area contributed by atoms with E-state index in [1.165, 1.54) is 5.56 Å². The summed E-state index contributed by atoms with van der Waals surface area (Å²) in [5.41, 5.74) is 3.34. The van der Waals surface area contributed by atoms with Gasteiger partial charge in [0.2, 0.25) is 10.0 Å². The Kier molecular flexibility index (Phi) is 11.4. The molecule has 3 aliphatic rings.